The molecule has 0 aliphatic rings. The van der Waals surface area contributed by atoms with Crippen molar-refractivity contribution in [2.45, 2.75) is 6.42 Å². The molecule has 0 unspecified atom stereocenters. The Balaban J connectivity index is -0.000000107. The summed E-state index contributed by atoms with van der Waals surface area (Å²) in [5, 5.41) is 15.7. The first-order valence-electron chi connectivity index (χ1n) is 2.02. The molecule has 0 aromatic rings. The van der Waals surface area contributed by atoms with Gasteiger partial charge in [0.2, 0.25) is 0 Å². The molecule has 0 aliphatic heterocycles. The Labute approximate surface area is 75.1 Å². The number of carboxylic acids is 2. The van der Waals surface area contributed by atoms with E-state index >= 15 is 0 Å². The van der Waals surface area contributed by atoms with E-state index < -0.39 is 24.1 Å². The van der Waals surface area contributed by atoms with E-state index in [1.165, 1.54) is 0 Å². The number of Topliss-reactive ketones (excluding diaryl/α,β-unsaturated/α-hetero) is 1. The van der Waals surface area contributed by atoms with Crippen molar-refractivity contribution in [2.24, 2.45) is 0 Å². The molecule has 5 nitrogen and oxygen atoms in total. The molecule has 0 saturated heterocycles. The average Bonchev–Trinajstić information content (AvgIpc) is 1.63. The van der Waals surface area contributed by atoms with Crippen LogP contribution in [0.4, 0.5) is 0 Å². The molecule has 0 saturated carbocycles. The third-order valence-corrected chi connectivity index (χ3v) is 0.550. The number of carbonyl (C=O) groups excluding carboxylic acids is 1. The molecule has 54 valence electrons. The largest absolute Gasteiger partial charge is 2.00 e. The Kier molecular flexibility index (Phi) is 6.27. The number of rotatable bonds is 3. The molecule has 0 radical (unpaired) electrons. The zero-order chi connectivity index (χ0) is 7.44. The molecule has 2 N–H and O–H groups in total. The molecule has 0 fully saturated rings. The summed E-state index contributed by atoms with van der Waals surface area (Å²) in [5.41, 5.74) is 0. The van der Waals surface area contributed by atoms with Crippen molar-refractivity contribution in [2.75, 3.05) is 0 Å². The second-order valence-electron chi connectivity index (χ2n) is 1.30. The minimum Gasteiger partial charge on any atom is -1.00 e. The zero-order valence-electron chi connectivity index (χ0n) is 7.03. The fraction of sp³-hybridized carbons (Fsp3) is 0.250. The van der Waals surface area contributed by atoms with E-state index in [0.717, 1.165) is 0 Å². The second-order valence-corrected chi connectivity index (χ2v) is 1.30. The minimum atomic E-state index is -1.71. The number of carboxylic acid groups (broad SMARTS) is 2. The van der Waals surface area contributed by atoms with Crippen LogP contribution < -0.4 is 0 Å². The second kappa shape index (κ2) is 5.18. The fourth-order valence-electron chi connectivity index (χ4n) is 0.213. The van der Waals surface area contributed by atoms with Crippen LogP contribution in [0.2, 0.25) is 0 Å². The number of hydrogen-bond acceptors (Lipinski definition) is 3. The van der Waals surface area contributed by atoms with Crippen LogP contribution in [0.5, 0.6) is 0 Å². The quantitative estimate of drug-likeness (QED) is 0.311. The molecule has 0 spiro atoms. The average molecular weight is 158 g/mol. The van der Waals surface area contributed by atoms with Gasteiger partial charge in [0, 0.05) is 0 Å². The number of hydrogen-bond donors (Lipinski definition) is 2. The van der Waals surface area contributed by atoms with E-state index in [9.17, 15) is 14.4 Å². The Morgan fingerprint density at radius 1 is 1.20 bits per heavy atom. The van der Waals surface area contributed by atoms with Gasteiger partial charge < -0.3 is 13.1 Å². The first kappa shape index (κ1) is 12.1. The molecule has 0 atom stereocenters. The van der Waals surface area contributed by atoms with Crippen LogP contribution in [0, 0.1) is 0 Å². The molecule has 0 aromatic carbocycles. The molecular weight excluding hydrogens is 152 g/mol. The maximum absolute atomic E-state index is 9.97. The van der Waals surface area contributed by atoms with Crippen molar-refractivity contribution in [3.63, 3.8) is 0 Å². The van der Waals surface area contributed by atoms with Gasteiger partial charge in [0.1, 0.15) is 6.42 Å². The number of carbonyl (C=O) groups is 3. The summed E-state index contributed by atoms with van der Waals surface area (Å²) in [5.74, 6) is -4.44. The van der Waals surface area contributed by atoms with Gasteiger partial charge in [-0.05, 0) is 0 Å². The summed E-state index contributed by atoms with van der Waals surface area (Å²) >= 11 is 0. The van der Waals surface area contributed by atoms with Gasteiger partial charge in [0.25, 0.3) is 5.78 Å². The Bertz CT molecular complexity index is 171. The normalized spacial score (nSPS) is 7.60. The number of ketones is 1. The summed E-state index contributed by atoms with van der Waals surface area (Å²) in [6.07, 6.45) is -0.949. The summed E-state index contributed by atoms with van der Waals surface area (Å²) < 4.78 is 0. The molecule has 6 heteroatoms. The predicted octanol–water partition coefficient (Wildman–Crippen LogP) is -1.04. The minimum absolute atomic E-state index is 0. The maximum atomic E-state index is 9.97. The van der Waals surface area contributed by atoms with Crippen molar-refractivity contribution < 1.29 is 27.4 Å². The molecule has 0 amide bonds. The van der Waals surface area contributed by atoms with Crippen LogP contribution in [0.25, 0.3) is 0 Å². The zero-order valence-corrected chi connectivity index (χ0v) is 6.45. The van der Waals surface area contributed by atoms with Crippen LogP contribution >= 0.6 is 0 Å². The van der Waals surface area contributed by atoms with Crippen molar-refractivity contribution >= 4 is 40.8 Å². The SMILES string of the molecule is O=C(O)CC(=O)C(=O)O.[H-].[H-].[Mg+2]. The van der Waals surface area contributed by atoms with Crippen molar-refractivity contribution in [1.82, 2.24) is 0 Å². The molecule has 0 heterocycles. The van der Waals surface area contributed by atoms with Gasteiger partial charge in [-0.2, -0.15) is 0 Å². The van der Waals surface area contributed by atoms with Crippen LogP contribution in [0.15, 0.2) is 0 Å². The van der Waals surface area contributed by atoms with Gasteiger partial charge in [-0.15, -0.1) is 0 Å². The smallest absolute Gasteiger partial charge is 1.00 e. The first-order chi connectivity index (χ1) is 4.04. The van der Waals surface area contributed by atoms with E-state index in [1.54, 1.807) is 0 Å². The first-order valence-corrected chi connectivity index (χ1v) is 2.02. The van der Waals surface area contributed by atoms with E-state index in [4.69, 9.17) is 10.2 Å². The standard InChI is InChI=1S/C4H4O5.Mg.2H/c5-2(4(8)9)1-3(6)7;;;/h1H2,(H,6,7)(H,8,9);;;/q;+2;2*-1. The van der Waals surface area contributed by atoms with Crippen molar-refractivity contribution in [3.8, 4) is 0 Å². The van der Waals surface area contributed by atoms with Crippen molar-refractivity contribution in [1.29, 1.82) is 0 Å². The van der Waals surface area contributed by atoms with Gasteiger partial charge in [-0.1, -0.05) is 0 Å². The molecule has 0 aliphatic carbocycles. The Morgan fingerprint density at radius 2 is 1.60 bits per heavy atom. The van der Waals surface area contributed by atoms with Gasteiger partial charge in [0.05, 0.1) is 0 Å². The summed E-state index contributed by atoms with van der Waals surface area (Å²) in [6.45, 7) is 0. The van der Waals surface area contributed by atoms with Crippen LogP contribution in [0.1, 0.15) is 9.27 Å². The van der Waals surface area contributed by atoms with Gasteiger partial charge in [0.15, 0.2) is 0 Å². The fourth-order valence-corrected chi connectivity index (χ4v) is 0.213. The van der Waals surface area contributed by atoms with Crippen LogP contribution in [-0.4, -0.2) is 51.0 Å². The maximum Gasteiger partial charge on any atom is 2.00 e. The summed E-state index contributed by atoms with van der Waals surface area (Å²) in [7, 11) is 0. The van der Waals surface area contributed by atoms with E-state index in [0.29, 0.717) is 0 Å². The molecule has 0 rings (SSSR count). The molecule has 0 aromatic heterocycles. The molecular formula is C4H6MgO5. The summed E-state index contributed by atoms with van der Waals surface area (Å²) in [4.78, 5) is 29.2. The Hall–Kier alpha value is -0.624. The number of aliphatic carboxylic acids is 2. The molecule has 0 bridgehead atoms. The van der Waals surface area contributed by atoms with E-state index in [2.05, 4.69) is 0 Å². The summed E-state index contributed by atoms with van der Waals surface area (Å²) in [6, 6.07) is 0. The predicted molar refractivity (Wildman–Crippen MR) is 32.9 cm³/mol. The third kappa shape index (κ3) is 5.51. The van der Waals surface area contributed by atoms with Gasteiger partial charge in [-0.25, -0.2) is 4.79 Å². The van der Waals surface area contributed by atoms with Crippen LogP contribution in [0.3, 0.4) is 0 Å². The Morgan fingerprint density at radius 3 is 1.70 bits per heavy atom. The van der Waals surface area contributed by atoms with Gasteiger partial charge >= 0.3 is 35.0 Å². The van der Waals surface area contributed by atoms with E-state index in [1.807, 2.05) is 0 Å². The van der Waals surface area contributed by atoms with Gasteiger partial charge in [-0.3, -0.25) is 9.59 Å². The molecule has 10 heavy (non-hydrogen) atoms. The monoisotopic (exact) mass is 158 g/mol. The third-order valence-electron chi connectivity index (χ3n) is 0.550. The topological polar surface area (TPSA) is 91.7 Å². The van der Waals surface area contributed by atoms with Crippen LogP contribution in [-0.2, 0) is 14.4 Å². The van der Waals surface area contributed by atoms with Crippen molar-refractivity contribution in [3.05, 3.63) is 0 Å². The van der Waals surface area contributed by atoms with E-state index in [-0.39, 0.29) is 25.9 Å².